The Labute approximate surface area is 123 Å². The third kappa shape index (κ3) is 3.31. The van der Waals surface area contributed by atoms with Crippen LogP contribution in [0.25, 0.3) is 5.65 Å². The van der Waals surface area contributed by atoms with Crippen LogP contribution in [0.1, 0.15) is 20.8 Å². The van der Waals surface area contributed by atoms with Crippen molar-refractivity contribution in [1.29, 1.82) is 0 Å². The standard InChI is InChI=1S/C16H18N4O/c1-16(2,3)21-13-9-10-20-14(11-13)18-15(19-20)17-12-7-5-4-6-8-12/h4-11H,1-3H3,(H,17,19). The van der Waals surface area contributed by atoms with Crippen LogP contribution in [0, 0.1) is 0 Å². The van der Waals surface area contributed by atoms with Crippen molar-refractivity contribution in [2.75, 3.05) is 5.32 Å². The van der Waals surface area contributed by atoms with Crippen LogP contribution in [0.3, 0.4) is 0 Å². The summed E-state index contributed by atoms with van der Waals surface area (Å²) < 4.78 is 7.56. The minimum atomic E-state index is -0.233. The molecule has 0 spiro atoms. The molecular weight excluding hydrogens is 264 g/mol. The first kappa shape index (κ1) is 13.4. The van der Waals surface area contributed by atoms with Gasteiger partial charge < -0.3 is 10.1 Å². The zero-order valence-corrected chi connectivity index (χ0v) is 12.4. The van der Waals surface area contributed by atoms with Gasteiger partial charge in [-0.2, -0.15) is 4.98 Å². The summed E-state index contributed by atoms with van der Waals surface area (Å²) in [7, 11) is 0. The highest BCUT2D eigenvalue weighted by Gasteiger charge is 2.13. The monoisotopic (exact) mass is 282 g/mol. The largest absolute Gasteiger partial charge is 0.488 e. The lowest BCUT2D eigenvalue weighted by Gasteiger charge is -2.20. The molecule has 0 saturated carbocycles. The third-order valence-corrected chi connectivity index (χ3v) is 2.76. The van der Waals surface area contributed by atoms with Gasteiger partial charge >= 0.3 is 0 Å². The van der Waals surface area contributed by atoms with E-state index < -0.39 is 0 Å². The Morgan fingerprint density at radius 1 is 1.10 bits per heavy atom. The highest BCUT2D eigenvalue weighted by Crippen LogP contribution is 2.20. The molecule has 3 aromatic rings. The molecule has 0 amide bonds. The van der Waals surface area contributed by atoms with E-state index in [9.17, 15) is 0 Å². The number of para-hydroxylation sites is 1. The van der Waals surface area contributed by atoms with Crippen LogP contribution in [-0.2, 0) is 0 Å². The lowest BCUT2D eigenvalue weighted by Crippen LogP contribution is -2.22. The average Bonchev–Trinajstić information content (AvgIpc) is 2.79. The maximum absolute atomic E-state index is 5.84. The van der Waals surface area contributed by atoms with E-state index in [2.05, 4.69) is 15.4 Å². The summed E-state index contributed by atoms with van der Waals surface area (Å²) in [6.07, 6.45) is 1.85. The van der Waals surface area contributed by atoms with Gasteiger partial charge in [0.2, 0.25) is 5.95 Å². The first-order chi connectivity index (χ1) is 9.99. The van der Waals surface area contributed by atoms with Gasteiger partial charge in [-0.05, 0) is 39.0 Å². The molecule has 2 aromatic heterocycles. The van der Waals surface area contributed by atoms with Gasteiger partial charge in [0.1, 0.15) is 11.4 Å². The van der Waals surface area contributed by atoms with Gasteiger partial charge in [0, 0.05) is 18.0 Å². The molecule has 0 aliphatic rings. The van der Waals surface area contributed by atoms with Crippen molar-refractivity contribution in [3.8, 4) is 5.75 Å². The summed E-state index contributed by atoms with van der Waals surface area (Å²) in [5.74, 6) is 1.35. The Kier molecular flexibility index (Phi) is 3.25. The van der Waals surface area contributed by atoms with Gasteiger partial charge in [-0.1, -0.05) is 18.2 Å². The lowest BCUT2D eigenvalue weighted by atomic mass is 10.2. The predicted molar refractivity (Wildman–Crippen MR) is 83.1 cm³/mol. The van der Waals surface area contributed by atoms with Crippen LogP contribution in [0.2, 0.25) is 0 Å². The second-order valence-electron chi connectivity index (χ2n) is 5.81. The van der Waals surface area contributed by atoms with Gasteiger partial charge in [0.15, 0.2) is 5.65 Å². The zero-order chi connectivity index (χ0) is 14.9. The maximum atomic E-state index is 5.84. The predicted octanol–water partition coefficient (Wildman–Crippen LogP) is 3.65. The summed E-state index contributed by atoms with van der Waals surface area (Å²) in [4.78, 5) is 4.46. The quantitative estimate of drug-likeness (QED) is 0.796. The summed E-state index contributed by atoms with van der Waals surface area (Å²) >= 11 is 0. The number of rotatable bonds is 3. The van der Waals surface area contributed by atoms with Crippen LogP contribution in [0.5, 0.6) is 5.75 Å². The van der Waals surface area contributed by atoms with Gasteiger partial charge in [-0.15, -0.1) is 5.10 Å². The number of hydrogen-bond donors (Lipinski definition) is 1. The van der Waals surface area contributed by atoms with Crippen molar-refractivity contribution in [3.05, 3.63) is 48.7 Å². The zero-order valence-electron chi connectivity index (χ0n) is 12.4. The van der Waals surface area contributed by atoms with Crippen molar-refractivity contribution < 1.29 is 4.74 Å². The Bertz CT molecular complexity index is 744. The minimum absolute atomic E-state index is 0.233. The number of ether oxygens (including phenoxy) is 1. The smallest absolute Gasteiger partial charge is 0.247 e. The molecule has 0 fully saturated rings. The Balaban J connectivity index is 1.86. The Morgan fingerprint density at radius 3 is 2.57 bits per heavy atom. The summed E-state index contributed by atoms with van der Waals surface area (Å²) in [6.45, 7) is 6.05. The molecule has 2 heterocycles. The van der Waals surface area contributed by atoms with Crippen LogP contribution in [0.15, 0.2) is 48.7 Å². The number of nitrogens with zero attached hydrogens (tertiary/aromatic N) is 3. The van der Waals surface area contributed by atoms with E-state index in [1.54, 1.807) is 4.52 Å². The molecular formula is C16H18N4O. The molecule has 0 radical (unpaired) electrons. The first-order valence-corrected chi connectivity index (χ1v) is 6.87. The number of fused-ring (bicyclic) bond motifs is 1. The molecule has 0 saturated heterocycles. The van der Waals surface area contributed by atoms with Gasteiger partial charge in [-0.25, -0.2) is 4.52 Å². The van der Waals surface area contributed by atoms with Crippen LogP contribution < -0.4 is 10.1 Å². The van der Waals surface area contributed by atoms with Gasteiger partial charge in [0.05, 0.1) is 0 Å². The van der Waals surface area contributed by atoms with E-state index in [-0.39, 0.29) is 5.60 Å². The number of nitrogens with one attached hydrogen (secondary N) is 1. The molecule has 0 unspecified atom stereocenters. The van der Waals surface area contributed by atoms with E-state index in [4.69, 9.17) is 4.74 Å². The topological polar surface area (TPSA) is 51.5 Å². The normalized spacial score (nSPS) is 11.6. The summed E-state index contributed by atoms with van der Waals surface area (Å²) in [5, 5.41) is 7.56. The highest BCUT2D eigenvalue weighted by atomic mass is 16.5. The SMILES string of the molecule is CC(C)(C)Oc1ccn2nc(Nc3ccccc3)nc2c1. The van der Waals surface area contributed by atoms with Crippen LogP contribution >= 0.6 is 0 Å². The number of benzene rings is 1. The molecule has 1 aromatic carbocycles. The van der Waals surface area contributed by atoms with Crippen molar-refractivity contribution in [2.45, 2.75) is 26.4 Å². The van der Waals surface area contributed by atoms with Crippen molar-refractivity contribution >= 4 is 17.3 Å². The van der Waals surface area contributed by atoms with Crippen LogP contribution in [-0.4, -0.2) is 20.2 Å². The van der Waals surface area contributed by atoms with E-state index in [0.717, 1.165) is 17.1 Å². The maximum Gasteiger partial charge on any atom is 0.247 e. The third-order valence-electron chi connectivity index (χ3n) is 2.76. The van der Waals surface area contributed by atoms with Gasteiger partial charge in [0.25, 0.3) is 0 Å². The lowest BCUT2D eigenvalue weighted by molar-refractivity contribution is 0.131. The van der Waals surface area contributed by atoms with Crippen molar-refractivity contribution in [3.63, 3.8) is 0 Å². The Hall–Kier alpha value is -2.56. The van der Waals surface area contributed by atoms with Crippen molar-refractivity contribution in [2.24, 2.45) is 0 Å². The highest BCUT2D eigenvalue weighted by molar-refractivity contribution is 5.56. The van der Waals surface area contributed by atoms with E-state index >= 15 is 0 Å². The number of pyridine rings is 1. The number of hydrogen-bond acceptors (Lipinski definition) is 4. The number of aromatic nitrogens is 3. The molecule has 0 atom stereocenters. The molecule has 0 aliphatic carbocycles. The summed E-state index contributed by atoms with van der Waals surface area (Å²) in [6, 6.07) is 13.6. The fraction of sp³-hybridized carbons (Fsp3) is 0.250. The molecule has 5 nitrogen and oxygen atoms in total. The van der Waals surface area contributed by atoms with E-state index in [0.29, 0.717) is 5.95 Å². The second-order valence-corrected chi connectivity index (χ2v) is 5.81. The minimum Gasteiger partial charge on any atom is -0.488 e. The fourth-order valence-corrected chi connectivity index (χ4v) is 1.98. The average molecular weight is 282 g/mol. The molecule has 0 bridgehead atoms. The molecule has 5 heteroatoms. The van der Waals surface area contributed by atoms with E-state index in [1.807, 2.05) is 69.4 Å². The van der Waals surface area contributed by atoms with Crippen LogP contribution in [0.4, 0.5) is 11.6 Å². The fourth-order valence-electron chi connectivity index (χ4n) is 1.98. The molecule has 21 heavy (non-hydrogen) atoms. The summed E-state index contributed by atoms with van der Waals surface area (Å²) in [5.41, 5.74) is 1.47. The van der Waals surface area contributed by atoms with Crippen molar-refractivity contribution in [1.82, 2.24) is 14.6 Å². The number of anilines is 2. The van der Waals surface area contributed by atoms with E-state index in [1.165, 1.54) is 0 Å². The molecule has 1 N–H and O–H groups in total. The molecule has 3 rings (SSSR count). The molecule has 0 aliphatic heterocycles. The van der Waals surface area contributed by atoms with Gasteiger partial charge in [-0.3, -0.25) is 0 Å². The Morgan fingerprint density at radius 2 is 1.86 bits per heavy atom. The first-order valence-electron chi connectivity index (χ1n) is 6.87. The second kappa shape index (κ2) is 5.09. The molecule has 108 valence electrons.